The number of hydrogen-bond acceptors (Lipinski definition) is 4. The zero-order chi connectivity index (χ0) is 22.3. The molecule has 2 fully saturated rings. The summed E-state index contributed by atoms with van der Waals surface area (Å²) in [6.45, 7) is 8.59. The van der Waals surface area contributed by atoms with Crippen LogP contribution in [0, 0.1) is 5.92 Å². The van der Waals surface area contributed by atoms with Gasteiger partial charge in [-0.05, 0) is 68.2 Å². The molecule has 2 unspecified atom stereocenters. The standard InChI is InChI=1S/C26H43N3O2/c1-19(2)22-8-7-9-23(17-22)26(12-5-4-6-13-26)28-18-25(31)24(29-20(3)30)16-21-10-14-27-15-11-21/h7-9,17,19,21,24-25,27-28,31H,4-6,10-16,18H2,1-3H3,(H,29,30). The molecule has 174 valence electrons. The Labute approximate surface area is 188 Å². The Morgan fingerprint density at radius 1 is 1.19 bits per heavy atom. The second-order valence-electron chi connectivity index (χ2n) is 10.1. The number of carbonyl (C=O) groups is 1. The summed E-state index contributed by atoms with van der Waals surface area (Å²) in [7, 11) is 0. The largest absolute Gasteiger partial charge is 0.390 e. The Morgan fingerprint density at radius 3 is 2.55 bits per heavy atom. The van der Waals surface area contributed by atoms with E-state index in [1.54, 1.807) is 6.92 Å². The minimum Gasteiger partial charge on any atom is -0.390 e. The molecule has 3 rings (SSSR count). The average Bonchev–Trinajstić information content (AvgIpc) is 2.78. The highest BCUT2D eigenvalue weighted by Crippen LogP contribution is 2.38. The fourth-order valence-electron chi connectivity index (χ4n) is 5.41. The second kappa shape index (κ2) is 11.4. The third-order valence-corrected chi connectivity index (χ3v) is 7.36. The van der Waals surface area contributed by atoms with Gasteiger partial charge in [0, 0.05) is 19.0 Å². The summed E-state index contributed by atoms with van der Waals surface area (Å²) >= 11 is 0. The first kappa shape index (κ1) is 24.2. The monoisotopic (exact) mass is 429 g/mol. The Bertz CT molecular complexity index is 694. The van der Waals surface area contributed by atoms with Gasteiger partial charge >= 0.3 is 0 Å². The topological polar surface area (TPSA) is 73.4 Å². The molecule has 1 saturated carbocycles. The molecule has 1 aliphatic carbocycles. The molecule has 2 aliphatic rings. The number of piperidine rings is 1. The summed E-state index contributed by atoms with van der Waals surface area (Å²) in [6, 6.07) is 8.80. The predicted octanol–water partition coefficient (Wildman–Crippen LogP) is 3.81. The maximum atomic E-state index is 11.8. The summed E-state index contributed by atoms with van der Waals surface area (Å²) < 4.78 is 0. The average molecular weight is 430 g/mol. The number of benzene rings is 1. The lowest BCUT2D eigenvalue weighted by molar-refractivity contribution is -0.120. The number of nitrogens with one attached hydrogen (secondary N) is 3. The lowest BCUT2D eigenvalue weighted by atomic mass is 9.75. The molecule has 1 amide bonds. The summed E-state index contributed by atoms with van der Waals surface area (Å²) in [6.07, 6.45) is 8.37. The summed E-state index contributed by atoms with van der Waals surface area (Å²) in [5.41, 5.74) is 2.63. The van der Waals surface area contributed by atoms with Gasteiger partial charge in [-0.2, -0.15) is 0 Å². The fraction of sp³-hybridized carbons (Fsp3) is 0.731. The van der Waals surface area contributed by atoms with E-state index in [0.29, 0.717) is 18.4 Å². The van der Waals surface area contributed by atoms with Crippen LogP contribution >= 0.6 is 0 Å². The van der Waals surface area contributed by atoms with Crippen LogP contribution in [0.25, 0.3) is 0 Å². The summed E-state index contributed by atoms with van der Waals surface area (Å²) in [5.74, 6) is 0.995. The van der Waals surface area contributed by atoms with Gasteiger partial charge in [-0.3, -0.25) is 4.79 Å². The molecule has 1 heterocycles. The van der Waals surface area contributed by atoms with E-state index in [1.807, 2.05) is 0 Å². The molecule has 0 bridgehead atoms. The fourth-order valence-corrected chi connectivity index (χ4v) is 5.41. The van der Waals surface area contributed by atoms with Crippen LogP contribution in [0.5, 0.6) is 0 Å². The van der Waals surface area contributed by atoms with Gasteiger partial charge < -0.3 is 21.1 Å². The number of amides is 1. The van der Waals surface area contributed by atoms with Crippen molar-refractivity contribution in [2.24, 2.45) is 5.92 Å². The number of hydrogen-bond donors (Lipinski definition) is 4. The van der Waals surface area contributed by atoms with Crippen molar-refractivity contribution in [3.8, 4) is 0 Å². The van der Waals surface area contributed by atoms with E-state index in [9.17, 15) is 9.90 Å². The molecule has 2 atom stereocenters. The molecule has 0 aromatic heterocycles. The molecular formula is C26H43N3O2. The first-order valence-electron chi connectivity index (χ1n) is 12.4. The number of carbonyl (C=O) groups excluding carboxylic acids is 1. The summed E-state index contributed by atoms with van der Waals surface area (Å²) in [4.78, 5) is 11.8. The first-order valence-corrected chi connectivity index (χ1v) is 12.4. The van der Waals surface area contributed by atoms with Gasteiger partial charge in [0.05, 0.1) is 12.1 Å². The number of aliphatic hydroxyl groups excluding tert-OH is 1. The first-order chi connectivity index (χ1) is 14.9. The van der Waals surface area contributed by atoms with Crippen LogP contribution in [-0.2, 0) is 10.3 Å². The van der Waals surface area contributed by atoms with Crippen LogP contribution in [0.15, 0.2) is 24.3 Å². The SMILES string of the molecule is CC(=O)NC(CC1CCNCC1)C(O)CNC1(c2cccc(C(C)C)c2)CCCCC1. The molecule has 5 nitrogen and oxygen atoms in total. The lowest BCUT2D eigenvalue weighted by Crippen LogP contribution is -2.53. The van der Waals surface area contributed by atoms with Gasteiger partial charge in [-0.1, -0.05) is 57.4 Å². The third kappa shape index (κ3) is 6.77. The Kier molecular flexibility index (Phi) is 8.94. The van der Waals surface area contributed by atoms with Crippen molar-refractivity contribution in [2.45, 2.75) is 95.7 Å². The van der Waals surface area contributed by atoms with E-state index >= 15 is 0 Å². The molecule has 1 aromatic carbocycles. The molecule has 4 N–H and O–H groups in total. The molecule has 0 radical (unpaired) electrons. The van der Waals surface area contributed by atoms with Gasteiger partial charge in [0.25, 0.3) is 0 Å². The maximum absolute atomic E-state index is 11.8. The summed E-state index contributed by atoms with van der Waals surface area (Å²) in [5, 5.41) is 21.4. The van der Waals surface area contributed by atoms with Crippen LogP contribution < -0.4 is 16.0 Å². The molecule has 1 saturated heterocycles. The molecule has 31 heavy (non-hydrogen) atoms. The quantitative estimate of drug-likeness (QED) is 0.482. The number of rotatable bonds is 9. The smallest absolute Gasteiger partial charge is 0.217 e. The van der Waals surface area contributed by atoms with Crippen molar-refractivity contribution in [3.05, 3.63) is 35.4 Å². The molecular weight excluding hydrogens is 386 g/mol. The Balaban J connectivity index is 1.71. The van der Waals surface area contributed by atoms with Gasteiger partial charge in [0.2, 0.25) is 5.91 Å². The van der Waals surface area contributed by atoms with E-state index < -0.39 is 6.10 Å². The second-order valence-corrected chi connectivity index (χ2v) is 10.1. The van der Waals surface area contributed by atoms with Gasteiger partial charge in [0.1, 0.15) is 0 Å². The normalized spacial score (nSPS) is 21.6. The zero-order valence-electron chi connectivity index (χ0n) is 19.8. The molecule has 0 spiro atoms. The number of aliphatic hydroxyl groups is 1. The van der Waals surface area contributed by atoms with E-state index in [4.69, 9.17) is 0 Å². The van der Waals surface area contributed by atoms with Crippen molar-refractivity contribution in [2.75, 3.05) is 19.6 Å². The third-order valence-electron chi connectivity index (χ3n) is 7.36. The van der Waals surface area contributed by atoms with Crippen molar-refractivity contribution < 1.29 is 9.90 Å². The van der Waals surface area contributed by atoms with Crippen molar-refractivity contribution >= 4 is 5.91 Å². The lowest BCUT2D eigenvalue weighted by Gasteiger charge is -2.41. The van der Waals surface area contributed by atoms with Crippen molar-refractivity contribution in [1.29, 1.82) is 0 Å². The van der Waals surface area contributed by atoms with Gasteiger partial charge in [-0.25, -0.2) is 0 Å². The maximum Gasteiger partial charge on any atom is 0.217 e. The van der Waals surface area contributed by atoms with E-state index in [2.05, 4.69) is 54.1 Å². The van der Waals surface area contributed by atoms with E-state index in [1.165, 1.54) is 30.4 Å². The highest BCUT2D eigenvalue weighted by molar-refractivity contribution is 5.73. The van der Waals surface area contributed by atoms with Crippen LogP contribution in [0.4, 0.5) is 0 Å². The Hall–Kier alpha value is -1.43. The van der Waals surface area contributed by atoms with Crippen LogP contribution in [-0.4, -0.2) is 42.8 Å². The highest BCUT2D eigenvalue weighted by Gasteiger charge is 2.35. The van der Waals surface area contributed by atoms with Gasteiger partial charge in [-0.15, -0.1) is 0 Å². The van der Waals surface area contributed by atoms with E-state index in [-0.39, 0.29) is 17.5 Å². The van der Waals surface area contributed by atoms with Crippen molar-refractivity contribution in [3.63, 3.8) is 0 Å². The van der Waals surface area contributed by atoms with Gasteiger partial charge in [0.15, 0.2) is 0 Å². The van der Waals surface area contributed by atoms with Crippen LogP contribution in [0.2, 0.25) is 0 Å². The predicted molar refractivity (Wildman–Crippen MR) is 127 cm³/mol. The molecule has 5 heteroatoms. The van der Waals surface area contributed by atoms with E-state index in [0.717, 1.165) is 45.2 Å². The minimum atomic E-state index is -0.592. The van der Waals surface area contributed by atoms with Crippen LogP contribution in [0.1, 0.15) is 89.2 Å². The Morgan fingerprint density at radius 2 is 1.90 bits per heavy atom. The zero-order valence-corrected chi connectivity index (χ0v) is 19.8. The van der Waals surface area contributed by atoms with Crippen LogP contribution in [0.3, 0.4) is 0 Å². The molecule has 1 aliphatic heterocycles. The highest BCUT2D eigenvalue weighted by atomic mass is 16.3. The molecule has 1 aromatic rings. The van der Waals surface area contributed by atoms with Crippen molar-refractivity contribution in [1.82, 2.24) is 16.0 Å². The minimum absolute atomic E-state index is 0.0602.